The fraction of sp³-hybridized carbons (Fsp3) is 0.250. The molecule has 1 saturated heterocycles. The van der Waals surface area contributed by atoms with Gasteiger partial charge in [0.05, 0.1) is 16.0 Å². The highest BCUT2D eigenvalue weighted by Crippen LogP contribution is 2.45. The molecule has 0 saturated carbocycles. The first-order chi connectivity index (χ1) is 8.38. The summed E-state index contributed by atoms with van der Waals surface area (Å²) in [4.78, 5) is 2.21. The largest absolute Gasteiger partial charge is 0.368 e. The SMILES string of the molecule is [N-]=[N+]=NS(=O)(=O)c1cc(Br)c(C2CO2)c(Br)c1Br. The number of rotatable bonds is 3. The van der Waals surface area contributed by atoms with Crippen molar-refractivity contribution in [3.8, 4) is 0 Å². The van der Waals surface area contributed by atoms with Crippen molar-refractivity contribution in [2.75, 3.05) is 6.61 Å². The normalized spacial score (nSPS) is 18.3. The molecule has 0 bridgehead atoms. The number of azide groups is 1. The topological polar surface area (TPSA) is 95.4 Å². The zero-order valence-corrected chi connectivity index (χ0v) is 14.0. The molecule has 10 heteroatoms. The molecular formula is C8H4Br3N3O3S. The van der Waals surface area contributed by atoms with E-state index < -0.39 is 10.0 Å². The first-order valence-electron chi connectivity index (χ1n) is 4.49. The molecule has 1 unspecified atom stereocenters. The molecule has 0 N–H and O–H groups in total. The van der Waals surface area contributed by atoms with Gasteiger partial charge in [-0.05, 0) is 43.5 Å². The second kappa shape index (κ2) is 5.10. The Kier molecular flexibility index (Phi) is 4.05. The van der Waals surface area contributed by atoms with Crippen molar-refractivity contribution in [2.24, 2.45) is 4.52 Å². The van der Waals surface area contributed by atoms with Crippen molar-refractivity contribution in [1.82, 2.24) is 0 Å². The lowest BCUT2D eigenvalue weighted by atomic mass is 10.2. The Hall–Kier alpha value is -0.120. The Morgan fingerprint density at radius 3 is 2.50 bits per heavy atom. The summed E-state index contributed by atoms with van der Waals surface area (Å²) in [7, 11) is -4.05. The van der Waals surface area contributed by atoms with E-state index in [-0.39, 0.29) is 11.0 Å². The number of hydrogen-bond donors (Lipinski definition) is 0. The third kappa shape index (κ3) is 2.59. The zero-order valence-electron chi connectivity index (χ0n) is 8.47. The Morgan fingerprint density at radius 1 is 1.39 bits per heavy atom. The lowest BCUT2D eigenvalue weighted by Crippen LogP contribution is -2.00. The molecule has 0 amide bonds. The molecule has 1 heterocycles. The highest BCUT2D eigenvalue weighted by Gasteiger charge is 2.32. The number of hydrogen-bond acceptors (Lipinski definition) is 3. The summed E-state index contributed by atoms with van der Waals surface area (Å²) in [5.74, 6) is 0. The van der Waals surface area contributed by atoms with Crippen molar-refractivity contribution >= 4 is 57.8 Å². The van der Waals surface area contributed by atoms with Gasteiger partial charge in [0, 0.05) is 23.9 Å². The molecule has 6 nitrogen and oxygen atoms in total. The highest BCUT2D eigenvalue weighted by molar-refractivity contribution is 9.13. The molecule has 2 rings (SSSR count). The highest BCUT2D eigenvalue weighted by atomic mass is 79.9. The van der Waals surface area contributed by atoms with Gasteiger partial charge >= 0.3 is 0 Å². The number of benzene rings is 1. The average molecular weight is 462 g/mol. The molecule has 1 atom stereocenters. The van der Waals surface area contributed by atoms with Crippen LogP contribution in [-0.2, 0) is 14.8 Å². The first kappa shape index (κ1) is 14.3. The zero-order chi connectivity index (χ0) is 13.5. The molecule has 0 aromatic heterocycles. The summed E-state index contributed by atoms with van der Waals surface area (Å²) in [6, 6.07) is 1.38. The van der Waals surface area contributed by atoms with Gasteiger partial charge in [0.2, 0.25) is 0 Å². The minimum Gasteiger partial charge on any atom is -0.368 e. The number of halogens is 3. The maximum Gasteiger partial charge on any atom is 0.265 e. The Labute approximate surface area is 128 Å². The number of nitrogens with zero attached hydrogens (tertiary/aromatic N) is 3. The number of ether oxygens (including phenoxy) is 1. The molecule has 1 aromatic carbocycles. The van der Waals surface area contributed by atoms with Crippen LogP contribution in [0.15, 0.2) is 28.9 Å². The Bertz CT molecular complexity index is 666. The van der Waals surface area contributed by atoms with Gasteiger partial charge in [0.1, 0.15) is 6.10 Å². The molecule has 18 heavy (non-hydrogen) atoms. The summed E-state index contributed by atoms with van der Waals surface area (Å²) in [6.07, 6.45) is -0.0544. The van der Waals surface area contributed by atoms with Crippen molar-refractivity contribution in [1.29, 1.82) is 0 Å². The van der Waals surface area contributed by atoms with Crippen LogP contribution < -0.4 is 0 Å². The second-order valence-corrected chi connectivity index (χ2v) is 7.36. The maximum atomic E-state index is 11.7. The van der Waals surface area contributed by atoms with Crippen LogP contribution in [-0.4, -0.2) is 15.0 Å². The van der Waals surface area contributed by atoms with Crippen LogP contribution in [0, 0.1) is 0 Å². The molecule has 0 aliphatic carbocycles. The van der Waals surface area contributed by atoms with Crippen molar-refractivity contribution in [2.45, 2.75) is 11.0 Å². The molecule has 0 radical (unpaired) electrons. The van der Waals surface area contributed by atoms with E-state index in [1.54, 1.807) is 0 Å². The van der Waals surface area contributed by atoms with Gasteiger partial charge in [-0.1, -0.05) is 15.9 Å². The maximum absolute atomic E-state index is 11.7. The van der Waals surface area contributed by atoms with Crippen LogP contribution in [0.3, 0.4) is 0 Å². The van der Waals surface area contributed by atoms with Crippen molar-refractivity contribution < 1.29 is 13.2 Å². The minimum absolute atomic E-state index is 0.0544. The third-order valence-corrected chi connectivity index (χ3v) is 6.50. The molecular weight excluding hydrogens is 458 g/mol. The quantitative estimate of drug-likeness (QED) is 0.223. The van der Waals surface area contributed by atoms with Crippen molar-refractivity contribution in [3.63, 3.8) is 0 Å². The van der Waals surface area contributed by atoms with Crippen molar-refractivity contribution in [3.05, 3.63) is 35.5 Å². The monoisotopic (exact) mass is 459 g/mol. The average Bonchev–Trinajstić information content (AvgIpc) is 3.07. The van der Waals surface area contributed by atoms with Gasteiger partial charge in [-0.15, -0.1) is 0 Å². The summed E-state index contributed by atoms with van der Waals surface area (Å²) in [5.41, 5.74) is 9.09. The van der Waals surface area contributed by atoms with Gasteiger partial charge in [0.15, 0.2) is 0 Å². The second-order valence-electron chi connectivity index (χ2n) is 3.37. The number of epoxide rings is 1. The Balaban J connectivity index is 2.69. The van der Waals surface area contributed by atoms with E-state index in [9.17, 15) is 8.42 Å². The standard InChI is InChI=1S/C8H4Br3N3O3S/c9-3-1-5(18(15,16)14-13-12)7(10)8(11)6(3)4-2-17-4/h1,4H,2H2. The van der Waals surface area contributed by atoms with Gasteiger partial charge in [0.25, 0.3) is 10.0 Å². The summed E-state index contributed by atoms with van der Waals surface area (Å²) < 4.78 is 32.9. The summed E-state index contributed by atoms with van der Waals surface area (Å²) in [6.45, 7) is 0.589. The summed E-state index contributed by atoms with van der Waals surface area (Å²) >= 11 is 9.78. The molecule has 1 aliphatic rings. The lowest BCUT2D eigenvalue weighted by Gasteiger charge is -2.10. The fourth-order valence-electron chi connectivity index (χ4n) is 1.38. The van der Waals surface area contributed by atoms with Crippen LogP contribution >= 0.6 is 47.8 Å². The molecule has 1 aliphatic heterocycles. The van der Waals surface area contributed by atoms with Crippen LogP contribution in [0.5, 0.6) is 0 Å². The van der Waals surface area contributed by atoms with E-state index in [2.05, 4.69) is 57.2 Å². The van der Waals surface area contributed by atoms with Crippen LogP contribution in [0.2, 0.25) is 0 Å². The molecule has 1 aromatic rings. The van der Waals surface area contributed by atoms with Gasteiger partial charge in [-0.2, -0.15) is 0 Å². The van der Waals surface area contributed by atoms with Gasteiger partial charge in [-0.3, -0.25) is 0 Å². The van der Waals surface area contributed by atoms with E-state index in [0.29, 0.717) is 20.0 Å². The predicted octanol–water partition coefficient (Wildman–Crippen LogP) is 4.04. The van der Waals surface area contributed by atoms with Gasteiger partial charge in [-0.25, -0.2) is 8.42 Å². The van der Waals surface area contributed by atoms with Crippen LogP contribution in [0.25, 0.3) is 10.4 Å². The van der Waals surface area contributed by atoms with Crippen LogP contribution in [0.4, 0.5) is 0 Å². The molecule has 96 valence electrons. The first-order valence-corrected chi connectivity index (χ1v) is 8.30. The third-order valence-electron chi connectivity index (χ3n) is 2.24. The lowest BCUT2D eigenvalue weighted by molar-refractivity contribution is 0.414. The van der Waals surface area contributed by atoms with Gasteiger partial charge < -0.3 is 4.74 Å². The molecule has 0 spiro atoms. The van der Waals surface area contributed by atoms with Crippen LogP contribution in [0.1, 0.15) is 11.7 Å². The van der Waals surface area contributed by atoms with E-state index >= 15 is 0 Å². The van der Waals surface area contributed by atoms with E-state index in [0.717, 1.165) is 5.56 Å². The van der Waals surface area contributed by atoms with E-state index in [4.69, 9.17) is 10.3 Å². The smallest absolute Gasteiger partial charge is 0.265 e. The van der Waals surface area contributed by atoms with E-state index in [1.807, 2.05) is 0 Å². The van der Waals surface area contributed by atoms with E-state index in [1.165, 1.54) is 6.07 Å². The molecule has 1 fully saturated rings. The Morgan fingerprint density at radius 2 is 2.00 bits per heavy atom. The number of sulfonamides is 1. The minimum atomic E-state index is -4.05. The predicted molar refractivity (Wildman–Crippen MR) is 74.6 cm³/mol. The summed E-state index contributed by atoms with van der Waals surface area (Å²) in [5, 5.41) is 0. The fourth-order valence-corrected chi connectivity index (χ4v) is 5.01.